The second-order valence-electron chi connectivity index (χ2n) is 5.64. The number of Topliss-reactive ketones (excluding diaryl/α,β-unsaturated/α-hetero) is 1. The smallest absolute Gasteiger partial charge is 0.182 e. The van der Waals surface area contributed by atoms with E-state index >= 15 is 0 Å². The molecule has 0 aromatic heterocycles. The van der Waals surface area contributed by atoms with Crippen molar-refractivity contribution in [1.82, 2.24) is 5.32 Å². The van der Waals surface area contributed by atoms with Crippen molar-refractivity contribution in [3.05, 3.63) is 29.8 Å². The summed E-state index contributed by atoms with van der Waals surface area (Å²) in [6.07, 6.45) is 5.60. The molecule has 1 aromatic rings. The maximum Gasteiger partial charge on any atom is 0.182 e. The third kappa shape index (κ3) is 2.52. The van der Waals surface area contributed by atoms with Crippen LogP contribution >= 0.6 is 0 Å². The topological polar surface area (TPSA) is 38.3 Å². The molecule has 3 heteroatoms. The molecule has 3 rings (SSSR count). The largest absolute Gasteiger partial charge is 0.490 e. The fourth-order valence-electron chi connectivity index (χ4n) is 2.80. The molecular formula is C16H21NO2. The van der Waals surface area contributed by atoms with Gasteiger partial charge in [0, 0.05) is 5.56 Å². The highest BCUT2D eigenvalue weighted by Gasteiger charge is 2.39. The maximum absolute atomic E-state index is 12.6. The lowest BCUT2D eigenvalue weighted by Gasteiger charge is -2.26. The van der Waals surface area contributed by atoms with Crippen LogP contribution in [0.1, 0.15) is 49.4 Å². The van der Waals surface area contributed by atoms with Gasteiger partial charge in [0.25, 0.3) is 0 Å². The highest BCUT2D eigenvalue weighted by molar-refractivity contribution is 6.03. The van der Waals surface area contributed by atoms with E-state index in [0.29, 0.717) is 6.10 Å². The molecule has 0 amide bonds. The normalized spacial score (nSPS) is 26.4. The van der Waals surface area contributed by atoms with Crippen LogP contribution in [-0.2, 0) is 0 Å². The van der Waals surface area contributed by atoms with Crippen LogP contribution in [0.3, 0.4) is 0 Å². The average molecular weight is 259 g/mol. The molecular weight excluding hydrogens is 238 g/mol. The molecule has 3 nitrogen and oxygen atoms in total. The van der Waals surface area contributed by atoms with Gasteiger partial charge >= 0.3 is 0 Å². The number of nitrogens with one attached hydrogen (secondary N) is 1. The van der Waals surface area contributed by atoms with Crippen LogP contribution in [0.5, 0.6) is 5.75 Å². The first-order valence-corrected chi connectivity index (χ1v) is 7.30. The number of rotatable bonds is 5. The van der Waals surface area contributed by atoms with Crippen LogP contribution in [0.25, 0.3) is 0 Å². The zero-order valence-corrected chi connectivity index (χ0v) is 11.4. The number of hydrogen-bond donors (Lipinski definition) is 1. The Bertz CT molecular complexity index is 456. The van der Waals surface area contributed by atoms with Crippen molar-refractivity contribution in [3.63, 3.8) is 0 Å². The average Bonchev–Trinajstić information content (AvgIpc) is 3.13. The van der Waals surface area contributed by atoms with Crippen LogP contribution in [0.2, 0.25) is 0 Å². The first-order valence-electron chi connectivity index (χ1n) is 7.30. The Morgan fingerprint density at radius 3 is 2.63 bits per heavy atom. The van der Waals surface area contributed by atoms with E-state index in [-0.39, 0.29) is 11.3 Å². The molecule has 1 aliphatic carbocycles. The predicted octanol–water partition coefficient (Wildman–Crippen LogP) is 2.94. The molecule has 1 aromatic carbocycles. The van der Waals surface area contributed by atoms with E-state index in [1.165, 1.54) is 0 Å². The van der Waals surface area contributed by atoms with Gasteiger partial charge < -0.3 is 10.1 Å². The van der Waals surface area contributed by atoms with Gasteiger partial charge in [0.05, 0.1) is 11.6 Å². The van der Waals surface area contributed by atoms with Gasteiger partial charge in [0.15, 0.2) is 5.78 Å². The fraction of sp³-hybridized carbons (Fsp3) is 0.562. The van der Waals surface area contributed by atoms with Gasteiger partial charge in [-0.2, -0.15) is 0 Å². The lowest BCUT2D eigenvalue weighted by Crippen LogP contribution is -2.46. The van der Waals surface area contributed by atoms with Crippen LogP contribution in [-0.4, -0.2) is 24.0 Å². The fourth-order valence-corrected chi connectivity index (χ4v) is 2.80. The van der Waals surface area contributed by atoms with Crippen LogP contribution in [0.15, 0.2) is 24.3 Å². The monoisotopic (exact) mass is 259 g/mol. The number of ketones is 1. The van der Waals surface area contributed by atoms with Gasteiger partial charge in [-0.15, -0.1) is 0 Å². The van der Waals surface area contributed by atoms with E-state index in [9.17, 15) is 4.79 Å². The zero-order valence-electron chi connectivity index (χ0n) is 11.4. The molecule has 2 aliphatic rings. The minimum absolute atomic E-state index is 0.227. The highest BCUT2D eigenvalue weighted by atomic mass is 16.5. The quantitative estimate of drug-likeness (QED) is 0.826. The highest BCUT2D eigenvalue weighted by Crippen LogP contribution is 2.30. The van der Waals surface area contributed by atoms with E-state index in [0.717, 1.165) is 50.0 Å². The number of hydrogen-bond acceptors (Lipinski definition) is 3. The molecule has 1 unspecified atom stereocenters. The van der Waals surface area contributed by atoms with E-state index in [2.05, 4.69) is 12.2 Å². The second-order valence-corrected chi connectivity index (χ2v) is 5.64. The first-order chi connectivity index (χ1) is 9.23. The first kappa shape index (κ1) is 12.7. The van der Waals surface area contributed by atoms with Crippen LogP contribution in [0, 0.1) is 0 Å². The van der Waals surface area contributed by atoms with Crippen LogP contribution < -0.4 is 10.1 Å². The van der Waals surface area contributed by atoms with Gasteiger partial charge in [-0.05, 0) is 62.9 Å². The lowest BCUT2D eigenvalue weighted by atomic mass is 9.85. The summed E-state index contributed by atoms with van der Waals surface area (Å²) in [4.78, 5) is 12.6. The third-order valence-electron chi connectivity index (χ3n) is 4.23. The van der Waals surface area contributed by atoms with E-state index < -0.39 is 0 Å². The summed E-state index contributed by atoms with van der Waals surface area (Å²) in [5.74, 6) is 1.11. The molecule has 1 atom stereocenters. The Morgan fingerprint density at radius 2 is 2.11 bits per heavy atom. The van der Waals surface area contributed by atoms with Crippen molar-refractivity contribution in [2.75, 3.05) is 6.54 Å². The molecule has 1 N–H and O–H groups in total. The molecule has 1 aliphatic heterocycles. The number of carbonyl (C=O) groups is 1. The SMILES string of the molecule is CCC1(C(=O)c2ccc(OC3CC3)cc2)CCCN1. The molecule has 0 bridgehead atoms. The van der Waals surface area contributed by atoms with Gasteiger partial charge in [-0.25, -0.2) is 0 Å². The summed E-state index contributed by atoms with van der Waals surface area (Å²) in [5.41, 5.74) is 0.457. The van der Waals surface area contributed by atoms with Crippen molar-refractivity contribution in [1.29, 1.82) is 0 Å². The molecule has 0 spiro atoms. The summed E-state index contributed by atoms with van der Waals surface area (Å²) < 4.78 is 5.71. The second kappa shape index (κ2) is 4.97. The standard InChI is InChI=1S/C16H21NO2/c1-2-16(10-3-11-17-16)15(18)12-4-6-13(7-5-12)19-14-8-9-14/h4-7,14,17H,2-3,8-11H2,1H3. The number of ether oxygens (including phenoxy) is 1. The van der Waals surface area contributed by atoms with Crippen molar-refractivity contribution >= 4 is 5.78 Å². The van der Waals surface area contributed by atoms with Gasteiger partial charge in [-0.3, -0.25) is 4.79 Å². The Morgan fingerprint density at radius 1 is 1.37 bits per heavy atom. The minimum Gasteiger partial charge on any atom is -0.490 e. The van der Waals surface area contributed by atoms with Crippen LogP contribution in [0.4, 0.5) is 0 Å². The number of carbonyl (C=O) groups excluding carboxylic acids is 1. The van der Waals surface area contributed by atoms with E-state index in [1.807, 2.05) is 24.3 Å². The van der Waals surface area contributed by atoms with Crippen molar-refractivity contribution < 1.29 is 9.53 Å². The van der Waals surface area contributed by atoms with E-state index in [4.69, 9.17) is 4.74 Å². The summed E-state index contributed by atoms with van der Waals surface area (Å²) in [7, 11) is 0. The van der Waals surface area contributed by atoms with Crippen molar-refractivity contribution in [2.45, 2.75) is 50.7 Å². The predicted molar refractivity (Wildman–Crippen MR) is 74.7 cm³/mol. The minimum atomic E-state index is -0.334. The molecule has 19 heavy (non-hydrogen) atoms. The summed E-state index contributed by atoms with van der Waals surface area (Å²) in [5, 5.41) is 3.39. The maximum atomic E-state index is 12.6. The Hall–Kier alpha value is -1.35. The molecule has 0 radical (unpaired) electrons. The molecule has 1 heterocycles. The van der Waals surface area contributed by atoms with Crippen molar-refractivity contribution in [3.8, 4) is 5.75 Å². The summed E-state index contributed by atoms with van der Waals surface area (Å²) >= 11 is 0. The Labute approximate surface area is 114 Å². The third-order valence-corrected chi connectivity index (χ3v) is 4.23. The zero-order chi connectivity index (χ0) is 13.3. The summed E-state index contributed by atoms with van der Waals surface area (Å²) in [6, 6.07) is 7.64. The van der Waals surface area contributed by atoms with Gasteiger partial charge in [0.1, 0.15) is 5.75 Å². The Kier molecular flexibility index (Phi) is 3.31. The molecule has 2 fully saturated rings. The molecule has 1 saturated heterocycles. The Balaban J connectivity index is 1.75. The van der Waals surface area contributed by atoms with E-state index in [1.54, 1.807) is 0 Å². The van der Waals surface area contributed by atoms with Crippen molar-refractivity contribution in [2.24, 2.45) is 0 Å². The van der Waals surface area contributed by atoms with Gasteiger partial charge in [0.2, 0.25) is 0 Å². The number of benzene rings is 1. The lowest BCUT2D eigenvalue weighted by molar-refractivity contribution is 0.0864. The molecule has 1 saturated carbocycles. The molecule has 102 valence electrons. The van der Waals surface area contributed by atoms with Gasteiger partial charge in [-0.1, -0.05) is 6.92 Å². The summed E-state index contributed by atoms with van der Waals surface area (Å²) in [6.45, 7) is 3.03.